The molecule has 2 aromatic carbocycles. The third kappa shape index (κ3) is 3.69. The van der Waals surface area contributed by atoms with Crippen molar-refractivity contribution in [2.75, 3.05) is 13.1 Å². The van der Waals surface area contributed by atoms with Crippen LogP contribution in [-0.2, 0) is 34.2 Å². The predicted octanol–water partition coefficient (Wildman–Crippen LogP) is 4.31. The molecule has 10 heteroatoms. The number of hydrogen-bond donors (Lipinski definition) is 1. The minimum Gasteiger partial charge on any atom is -0.357 e. The number of carbonyl (C=O) groups is 1. The number of hydrogen-bond acceptors (Lipinski definition) is 3. The van der Waals surface area contributed by atoms with Crippen LogP contribution >= 0.6 is 0 Å². The molecular formula is C24H24F3N3O3S. The lowest BCUT2D eigenvalue weighted by Gasteiger charge is -2.35. The molecule has 0 spiro atoms. The highest BCUT2D eigenvalue weighted by atomic mass is 32.2. The van der Waals surface area contributed by atoms with Crippen molar-refractivity contribution < 1.29 is 26.4 Å². The van der Waals surface area contributed by atoms with Gasteiger partial charge in [-0.05, 0) is 54.2 Å². The Balaban J connectivity index is 1.48. The number of benzene rings is 2. The molecule has 1 N–H and O–H groups in total. The molecule has 0 bridgehead atoms. The Morgan fingerprint density at radius 1 is 1.09 bits per heavy atom. The van der Waals surface area contributed by atoms with E-state index in [1.54, 1.807) is 6.07 Å². The number of halogens is 3. The zero-order valence-electron chi connectivity index (χ0n) is 18.5. The summed E-state index contributed by atoms with van der Waals surface area (Å²) in [4.78, 5) is 15.9. The molecule has 6 nitrogen and oxygen atoms in total. The first-order valence-electron chi connectivity index (χ1n) is 11.2. The van der Waals surface area contributed by atoms with Gasteiger partial charge in [-0.25, -0.2) is 8.42 Å². The summed E-state index contributed by atoms with van der Waals surface area (Å²) in [6.45, 7) is 1.93. The number of fused-ring (bicyclic) bond motifs is 4. The number of carbonyl (C=O) groups excluding carboxylic acids is 1. The van der Waals surface area contributed by atoms with E-state index >= 15 is 0 Å². The van der Waals surface area contributed by atoms with Gasteiger partial charge < -0.3 is 9.88 Å². The predicted molar refractivity (Wildman–Crippen MR) is 121 cm³/mol. The Kier molecular flexibility index (Phi) is 5.48. The van der Waals surface area contributed by atoms with E-state index in [0.29, 0.717) is 24.9 Å². The largest absolute Gasteiger partial charge is 0.471 e. The molecule has 0 saturated heterocycles. The third-order valence-corrected chi connectivity index (χ3v) is 8.73. The molecule has 3 aromatic rings. The maximum Gasteiger partial charge on any atom is 0.471 e. The highest BCUT2D eigenvalue weighted by molar-refractivity contribution is 7.89. The van der Waals surface area contributed by atoms with Crippen LogP contribution in [0.2, 0.25) is 0 Å². The molecule has 0 saturated carbocycles. The van der Waals surface area contributed by atoms with Crippen molar-refractivity contribution in [2.24, 2.45) is 0 Å². The zero-order valence-corrected chi connectivity index (χ0v) is 19.3. The number of para-hydroxylation sites is 1. The molecular weight excluding hydrogens is 467 g/mol. The van der Waals surface area contributed by atoms with Gasteiger partial charge in [0.25, 0.3) is 0 Å². The molecule has 3 heterocycles. The van der Waals surface area contributed by atoms with Gasteiger partial charge in [-0.3, -0.25) is 4.79 Å². The molecule has 2 aliphatic heterocycles. The number of amides is 1. The minimum atomic E-state index is -4.96. The summed E-state index contributed by atoms with van der Waals surface area (Å²) in [6.07, 6.45) is -3.58. The molecule has 34 heavy (non-hydrogen) atoms. The van der Waals surface area contributed by atoms with Gasteiger partial charge in [0.15, 0.2) is 0 Å². The number of H-pyrrole nitrogens is 1. The summed E-state index contributed by atoms with van der Waals surface area (Å²) in [5.74, 6) is -1.90. The van der Waals surface area contributed by atoms with Crippen molar-refractivity contribution >= 4 is 26.8 Å². The summed E-state index contributed by atoms with van der Waals surface area (Å²) < 4.78 is 67.6. The summed E-state index contributed by atoms with van der Waals surface area (Å²) >= 11 is 0. The van der Waals surface area contributed by atoms with E-state index in [1.807, 2.05) is 31.2 Å². The quantitative estimate of drug-likeness (QED) is 0.593. The normalized spacial score (nSPS) is 19.2. The fourth-order valence-electron chi connectivity index (χ4n) is 5.17. The second-order valence-corrected chi connectivity index (χ2v) is 10.6. The van der Waals surface area contributed by atoms with Crippen LogP contribution in [0.25, 0.3) is 10.9 Å². The summed E-state index contributed by atoms with van der Waals surface area (Å²) in [6, 6.07) is 12.1. The molecule has 1 atom stereocenters. The van der Waals surface area contributed by atoms with Crippen molar-refractivity contribution in [1.82, 2.24) is 14.2 Å². The Bertz CT molecular complexity index is 1380. The Hall–Kier alpha value is -2.85. The molecule has 1 unspecified atom stereocenters. The van der Waals surface area contributed by atoms with Gasteiger partial charge in [0.05, 0.1) is 10.9 Å². The second kappa shape index (κ2) is 8.13. The Morgan fingerprint density at radius 3 is 2.59 bits per heavy atom. The number of aromatic amines is 1. The number of aromatic nitrogens is 1. The van der Waals surface area contributed by atoms with Gasteiger partial charge in [0.2, 0.25) is 10.0 Å². The van der Waals surface area contributed by atoms with Crippen LogP contribution in [0.5, 0.6) is 0 Å². The highest BCUT2D eigenvalue weighted by Gasteiger charge is 2.43. The van der Waals surface area contributed by atoms with Crippen molar-refractivity contribution in [2.45, 2.75) is 49.8 Å². The van der Waals surface area contributed by atoms with Gasteiger partial charge in [0.1, 0.15) is 0 Å². The maximum absolute atomic E-state index is 13.7. The third-order valence-electron chi connectivity index (χ3n) is 6.82. The minimum absolute atomic E-state index is 0.0329. The van der Waals surface area contributed by atoms with E-state index in [4.69, 9.17) is 0 Å². The van der Waals surface area contributed by atoms with Gasteiger partial charge in [-0.15, -0.1) is 0 Å². The van der Waals surface area contributed by atoms with Crippen molar-refractivity contribution in [3.8, 4) is 0 Å². The van der Waals surface area contributed by atoms with Gasteiger partial charge in [-0.1, -0.05) is 31.2 Å². The highest BCUT2D eigenvalue weighted by Crippen LogP contribution is 2.39. The van der Waals surface area contributed by atoms with Crippen LogP contribution in [0.3, 0.4) is 0 Å². The van der Waals surface area contributed by atoms with E-state index in [2.05, 4.69) is 4.98 Å². The SMILES string of the molecule is CCC1c2[nH]c3ccccc3c2CCN1S(=O)(=O)c1ccc2c(c1)CN(C(=O)C(F)(F)F)CC2. The van der Waals surface area contributed by atoms with E-state index in [0.717, 1.165) is 32.6 Å². The summed E-state index contributed by atoms with van der Waals surface area (Å²) in [5, 5.41) is 1.09. The molecule has 0 aliphatic carbocycles. The molecule has 0 radical (unpaired) electrons. The van der Waals surface area contributed by atoms with Crippen molar-refractivity contribution in [3.63, 3.8) is 0 Å². The van der Waals surface area contributed by atoms with Crippen molar-refractivity contribution in [1.29, 1.82) is 0 Å². The molecule has 5 rings (SSSR count). The average molecular weight is 492 g/mol. The van der Waals surface area contributed by atoms with Gasteiger partial charge in [0, 0.05) is 36.2 Å². The van der Waals surface area contributed by atoms with E-state index < -0.39 is 22.1 Å². The smallest absolute Gasteiger partial charge is 0.357 e. The topological polar surface area (TPSA) is 73.5 Å². The average Bonchev–Trinajstić information content (AvgIpc) is 3.20. The fraction of sp³-hybridized carbons (Fsp3) is 0.375. The number of nitrogens with one attached hydrogen (secondary N) is 1. The standard InChI is InChI=1S/C24H24F3N3O3S/c1-2-21-22-19(18-5-3-4-6-20(18)28-22)10-12-30(21)34(32,33)17-8-7-15-9-11-29(14-16(15)13-17)23(31)24(25,26)27/h3-8,13,21,28H,2,9-12,14H2,1H3. The number of nitrogens with zero attached hydrogens (tertiary/aromatic N) is 2. The molecule has 2 aliphatic rings. The van der Waals surface area contributed by atoms with Gasteiger partial charge in [-0.2, -0.15) is 17.5 Å². The first kappa shape index (κ1) is 22.9. The monoisotopic (exact) mass is 491 g/mol. The first-order chi connectivity index (χ1) is 16.1. The first-order valence-corrected chi connectivity index (χ1v) is 12.6. The second-order valence-electron chi connectivity index (χ2n) is 8.76. The van der Waals surface area contributed by atoms with Crippen LogP contribution in [-0.4, -0.2) is 47.8 Å². The van der Waals surface area contributed by atoms with Crippen molar-refractivity contribution in [3.05, 3.63) is 64.8 Å². The fourth-order valence-corrected chi connectivity index (χ4v) is 6.90. The zero-order chi connectivity index (χ0) is 24.3. The number of rotatable bonds is 3. The number of alkyl halides is 3. The molecule has 1 aromatic heterocycles. The maximum atomic E-state index is 13.7. The summed E-state index contributed by atoms with van der Waals surface area (Å²) in [5.41, 5.74) is 4.17. The number of sulfonamides is 1. The summed E-state index contributed by atoms with van der Waals surface area (Å²) in [7, 11) is -3.92. The van der Waals surface area contributed by atoms with E-state index in [1.165, 1.54) is 16.4 Å². The van der Waals surface area contributed by atoms with Crippen LogP contribution < -0.4 is 0 Å². The molecule has 0 fully saturated rings. The van der Waals surface area contributed by atoms with Crippen LogP contribution in [0.4, 0.5) is 13.2 Å². The van der Waals surface area contributed by atoms with E-state index in [9.17, 15) is 26.4 Å². The lowest BCUT2D eigenvalue weighted by Crippen LogP contribution is -2.44. The molecule has 180 valence electrons. The lowest BCUT2D eigenvalue weighted by molar-refractivity contribution is -0.186. The van der Waals surface area contributed by atoms with Crippen LogP contribution in [0.15, 0.2) is 47.4 Å². The van der Waals surface area contributed by atoms with Gasteiger partial charge >= 0.3 is 12.1 Å². The van der Waals surface area contributed by atoms with Crippen LogP contribution in [0, 0.1) is 0 Å². The van der Waals surface area contributed by atoms with Crippen LogP contribution in [0.1, 0.15) is 41.8 Å². The lowest BCUT2D eigenvalue weighted by atomic mass is 9.98. The Morgan fingerprint density at radius 2 is 1.85 bits per heavy atom. The Labute approximate surface area is 195 Å². The van der Waals surface area contributed by atoms with E-state index in [-0.39, 0.29) is 30.4 Å². The molecule has 1 amide bonds.